The molecule has 1 N–H and O–H groups in total. The zero-order valence-corrected chi connectivity index (χ0v) is 13.8. The van der Waals surface area contributed by atoms with Crippen molar-refractivity contribution in [2.75, 3.05) is 0 Å². The highest BCUT2D eigenvalue weighted by Gasteiger charge is 2.31. The Morgan fingerprint density at radius 2 is 1.69 bits per heavy atom. The molecule has 0 radical (unpaired) electrons. The van der Waals surface area contributed by atoms with E-state index in [0.717, 1.165) is 12.1 Å². The number of rotatable bonds is 3. The van der Waals surface area contributed by atoms with Crippen LogP contribution in [0.5, 0.6) is 0 Å². The monoisotopic (exact) mass is 358 g/mol. The second kappa shape index (κ2) is 7.16. The molecule has 1 heterocycles. The maximum atomic E-state index is 12.8. The SMILES string of the molecule is Cc1ccc(C)n1C(C#N)=C(C#N)NC(=O)c1cccc(C(F)(F)F)c1. The van der Waals surface area contributed by atoms with Gasteiger partial charge in [0.1, 0.15) is 12.1 Å². The maximum absolute atomic E-state index is 12.8. The summed E-state index contributed by atoms with van der Waals surface area (Å²) in [5.41, 5.74) is -0.388. The predicted octanol–water partition coefficient (Wildman–Crippen LogP) is 3.77. The minimum absolute atomic E-state index is 0.118. The lowest BCUT2D eigenvalue weighted by molar-refractivity contribution is -0.137. The molecule has 1 aromatic heterocycles. The van der Waals surface area contributed by atoms with Crippen LogP contribution in [0.2, 0.25) is 0 Å². The van der Waals surface area contributed by atoms with E-state index in [1.807, 2.05) is 6.07 Å². The first-order valence-corrected chi connectivity index (χ1v) is 7.37. The summed E-state index contributed by atoms with van der Waals surface area (Å²) in [4.78, 5) is 12.3. The van der Waals surface area contributed by atoms with Crippen molar-refractivity contribution >= 4 is 11.6 Å². The number of allylic oxidation sites excluding steroid dienone is 2. The molecule has 2 aromatic rings. The van der Waals surface area contributed by atoms with E-state index in [4.69, 9.17) is 0 Å². The van der Waals surface area contributed by atoms with Crippen LogP contribution in [0.15, 0.2) is 42.1 Å². The Balaban J connectivity index is 2.43. The van der Waals surface area contributed by atoms with Gasteiger partial charge in [-0.3, -0.25) is 4.79 Å². The van der Waals surface area contributed by atoms with Crippen molar-refractivity contribution in [3.63, 3.8) is 0 Å². The van der Waals surface area contributed by atoms with Crippen molar-refractivity contribution in [2.45, 2.75) is 20.0 Å². The van der Waals surface area contributed by atoms with E-state index in [0.29, 0.717) is 17.5 Å². The first-order chi connectivity index (χ1) is 12.2. The van der Waals surface area contributed by atoms with Crippen LogP contribution in [0.1, 0.15) is 27.3 Å². The summed E-state index contributed by atoms with van der Waals surface area (Å²) in [6.07, 6.45) is -4.60. The molecule has 5 nitrogen and oxygen atoms in total. The molecule has 2 rings (SSSR count). The van der Waals surface area contributed by atoms with Gasteiger partial charge in [0.15, 0.2) is 11.4 Å². The van der Waals surface area contributed by atoms with Crippen LogP contribution in [-0.2, 0) is 6.18 Å². The molecule has 0 saturated heterocycles. The standard InChI is InChI=1S/C18H13F3N4O/c1-11-6-7-12(2)25(11)16(10-23)15(9-22)24-17(26)13-4-3-5-14(8-13)18(19,20)21/h3-8H,1-2H3,(H,24,26). The van der Waals surface area contributed by atoms with E-state index in [-0.39, 0.29) is 17.0 Å². The van der Waals surface area contributed by atoms with Gasteiger partial charge in [-0.05, 0) is 44.2 Å². The van der Waals surface area contributed by atoms with E-state index in [1.54, 1.807) is 32.0 Å². The molecule has 0 bridgehead atoms. The molecule has 0 aliphatic heterocycles. The summed E-state index contributed by atoms with van der Waals surface area (Å²) in [5, 5.41) is 20.9. The summed E-state index contributed by atoms with van der Waals surface area (Å²) in [6, 6.07) is 10.9. The molecule has 8 heteroatoms. The van der Waals surface area contributed by atoms with Gasteiger partial charge in [-0.15, -0.1) is 0 Å². The zero-order valence-electron chi connectivity index (χ0n) is 13.8. The van der Waals surface area contributed by atoms with Gasteiger partial charge in [-0.2, -0.15) is 23.7 Å². The quantitative estimate of drug-likeness (QED) is 0.848. The smallest absolute Gasteiger partial charge is 0.311 e. The number of amides is 1. The molecule has 0 fully saturated rings. The van der Waals surface area contributed by atoms with Gasteiger partial charge in [0.25, 0.3) is 5.91 Å². The topological polar surface area (TPSA) is 81.6 Å². The number of carbonyl (C=O) groups excluding carboxylic acids is 1. The number of benzene rings is 1. The van der Waals surface area contributed by atoms with Crippen LogP contribution in [0.4, 0.5) is 13.2 Å². The third kappa shape index (κ3) is 3.76. The van der Waals surface area contributed by atoms with E-state index in [1.165, 1.54) is 10.6 Å². The lowest BCUT2D eigenvalue weighted by Gasteiger charge is -2.12. The summed E-state index contributed by atoms with van der Waals surface area (Å²) < 4.78 is 39.8. The number of carbonyl (C=O) groups is 1. The minimum atomic E-state index is -4.60. The Kier molecular flexibility index (Phi) is 5.18. The Morgan fingerprint density at radius 3 is 2.19 bits per heavy atom. The van der Waals surface area contributed by atoms with Crippen LogP contribution in [0.3, 0.4) is 0 Å². The number of hydrogen-bond acceptors (Lipinski definition) is 3. The summed E-state index contributed by atoms with van der Waals surface area (Å²) >= 11 is 0. The van der Waals surface area contributed by atoms with Gasteiger partial charge in [-0.25, -0.2) is 0 Å². The van der Waals surface area contributed by atoms with Crippen molar-refractivity contribution in [3.05, 3.63) is 64.6 Å². The van der Waals surface area contributed by atoms with Gasteiger partial charge >= 0.3 is 6.18 Å². The molecule has 0 atom stereocenters. The van der Waals surface area contributed by atoms with Gasteiger partial charge in [0.05, 0.1) is 5.56 Å². The molecule has 1 amide bonds. The van der Waals surface area contributed by atoms with E-state index in [9.17, 15) is 28.5 Å². The Morgan fingerprint density at radius 1 is 1.08 bits per heavy atom. The lowest BCUT2D eigenvalue weighted by Crippen LogP contribution is -2.24. The number of nitrogens with one attached hydrogen (secondary N) is 1. The maximum Gasteiger partial charge on any atom is 0.416 e. The highest BCUT2D eigenvalue weighted by atomic mass is 19.4. The zero-order chi connectivity index (χ0) is 19.5. The molecule has 132 valence electrons. The third-order valence-electron chi connectivity index (χ3n) is 3.64. The number of aromatic nitrogens is 1. The van der Waals surface area contributed by atoms with Gasteiger partial charge in [0, 0.05) is 17.0 Å². The summed E-state index contributed by atoms with van der Waals surface area (Å²) in [5.74, 6) is -0.914. The van der Waals surface area contributed by atoms with Crippen molar-refractivity contribution in [1.82, 2.24) is 9.88 Å². The molecule has 0 spiro atoms. The van der Waals surface area contributed by atoms with Crippen LogP contribution in [-0.4, -0.2) is 10.5 Å². The second-order valence-corrected chi connectivity index (χ2v) is 5.43. The molecule has 0 unspecified atom stereocenters. The fraction of sp³-hybridized carbons (Fsp3) is 0.167. The Labute approximate surface area is 147 Å². The van der Waals surface area contributed by atoms with Gasteiger partial charge < -0.3 is 9.88 Å². The number of nitrogens with zero attached hydrogens (tertiary/aromatic N) is 3. The Bertz CT molecular complexity index is 952. The molecule has 0 saturated carbocycles. The third-order valence-corrected chi connectivity index (χ3v) is 3.64. The number of aryl methyl sites for hydroxylation is 2. The van der Waals surface area contributed by atoms with Crippen molar-refractivity contribution in [2.24, 2.45) is 0 Å². The molecule has 0 aliphatic carbocycles. The van der Waals surface area contributed by atoms with Gasteiger partial charge in [0.2, 0.25) is 0 Å². The van der Waals surface area contributed by atoms with Crippen molar-refractivity contribution in [3.8, 4) is 12.1 Å². The first-order valence-electron chi connectivity index (χ1n) is 7.37. The summed E-state index contributed by atoms with van der Waals surface area (Å²) in [7, 11) is 0. The molecule has 26 heavy (non-hydrogen) atoms. The summed E-state index contributed by atoms with van der Waals surface area (Å²) in [6.45, 7) is 3.43. The van der Waals surface area contributed by atoms with Crippen LogP contribution < -0.4 is 5.32 Å². The highest BCUT2D eigenvalue weighted by molar-refractivity contribution is 5.97. The average molecular weight is 358 g/mol. The highest BCUT2D eigenvalue weighted by Crippen LogP contribution is 2.29. The van der Waals surface area contributed by atoms with Gasteiger partial charge in [-0.1, -0.05) is 6.07 Å². The predicted molar refractivity (Wildman–Crippen MR) is 87.3 cm³/mol. The molecular weight excluding hydrogens is 345 g/mol. The normalized spacial score (nSPS) is 12.0. The average Bonchev–Trinajstić information content (AvgIpc) is 2.93. The number of alkyl halides is 3. The van der Waals surface area contributed by atoms with Crippen LogP contribution in [0.25, 0.3) is 5.70 Å². The van der Waals surface area contributed by atoms with Crippen molar-refractivity contribution < 1.29 is 18.0 Å². The minimum Gasteiger partial charge on any atom is -0.311 e. The van der Waals surface area contributed by atoms with E-state index < -0.39 is 17.6 Å². The second-order valence-electron chi connectivity index (χ2n) is 5.43. The number of halogens is 3. The molecule has 0 aliphatic rings. The number of nitriles is 2. The van der Waals surface area contributed by atoms with E-state index >= 15 is 0 Å². The largest absolute Gasteiger partial charge is 0.416 e. The van der Waals surface area contributed by atoms with Crippen LogP contribution >= 0.6 is 0 Å². The lowest BCUT2D eigenvalue weighted by atomic mass is 10.1. The first kappa shape index (κ1) is 18.8. The fourth-order valence-corrected chi connectivity index (χ4v) is 2.40. The van der Waals surface area contributed by atoms with E-state index in [2.05, 4.69) is 5.32 Å². The number of hydrogen-bond donors (Lipinski definition) is 1. The molecule has 1 aromatic carbocycles. The molecular formula is C18H13F3N4O. The fourth-order valence-electron chi connectivity index (χ4n) is 2.40. The van der Waals surface area contributed by atoms with Crippen molar-refractivity contribution in [1.29, 1.82) is 10.5 Å². The van der Waals surface area contributed by atoms with Crippen LogP contribution in [0, 0.1) is 36.5 Å². The Hall–Kier alpha value is -3.52.